The number of piperidine rings is 1. The minimum Gasteiger partial charge on any atom is -0.508 e. The molecule has 3 N–H and O–H groups in total. The van der Waals surface area contributed by atoms with Crippen LogP contribution in [0.15, 0.2) is 29.3 Å². The van der Waals surface area contributed by atoms with Gasteiger partial charge < -0.3 is 20.6 Å². The quantitative estimate of drug-likeness (QED) is 0.408. The highest BCUT2D eigenvalue weighted by molar-refractivity contribution is 5.79. The van der Waals surface area contributed by atoms with Crippen LogP contribution in [0, 0.1) is 5.92 Å². The van der Waals surface area contributed by atoms with Crippen LogP contribution in [-0.4, -0.2) is 48.7 Å². The molecule has 134 valence electrons. The minimum atomic E-state index is 0.288. The smallest absolute Gasteiger partial charge is 0.191 e. The maximum Gasteiger partial charge on any atom is 0.191 e. The first-order valence-electron chi connectivity index (χ1n) is 9.20. The Hall–Kier alpha value is -1.75. The standard InChI is InChI=1S/C19H32N4O/c1-3-20-19(22-15-17-6-4-7-18(24)14-17)21-10-5-11-23-12-8-16(2)9-13-23/h4,6-7,14,16,24H,3,5,8-13,15H2,1-2H3,(H2,20,21,22). The lowest BCUT2D eigenvalue weighted by Gasteiger charge is -2.30. The fraction of sp³-hybridized carbons (Fsp3) is 0.632. The Balaban J connectivity index is 1.71. The van der Waals surface area contributed by atoms with E-state index in [0.717, 1.165) is 43.5 Å². The van der Waals surface area contributed by atoms with Crippen molar-refractivity contribution in [3.05, 3.63) is 29.8 Å². The third-order valence-corrected chi connectivity index (χ3v) is 4.49. The fourth-order valence-corrected chi connectivity index (χ4v) is 2.96. The summed E-state index contributed by atoms with van der Waals surface area (Å²) in [6.45, 7) is 10.4. The largest absolute Gasteiger partial charge is 0.508 e. The molecule has 0 spiro atoms. The average Bonchev–Trinajstić information content (AvgIpc) is 2.58. The molecule has 0 radical (unpaired) electrons. The number of hydrogen-bond acceptors (Lipinski definition) is 3. The summed E-state index contributed by atoms with van der Waals surface area (Å²) in [5.41, 5.74) is 1.01. The molecule has 5 heteroatoms. The predicted octanol–water partition coefficient (Wildman–Crippen LogP) is 2.57. The Morgan fingerprint density at radius 1 is 1.29 bits per heavy atom. The van der Waals surface area contributed by atoms with Crippen LogP contribution >= 0.6 is 0 Å². The summed E-state index contributed by atoms with van der Waals surface area (Å²) in [5.74, 6) is 2.02. The molecule has 0 aliphatic carbocycles. The molecule has 1 aliphatic rings. The van der Waals surface area contributed by atoms with Gasteiger partial charge >= 0.3 is 0 Å². The predicted molar refractivity (Wildman–Crippen MR) is 100 cm³/mol. The van der Waals surface area contributed by atoms with E-state index in [1.165, 1.54) is 25.9 Å². The third kappa shape index (κ3) is 6.79. The summed E-state index contributed by atoms with van der Waals surface area (Å²) in [6.07, 6.45) is 3.80. The Morgan fingerprint density at radius 3 is 2.79 bits per heavy atom. The van der Waals surface area contributed by atoms with Crippen molar-refractivity contribution >= 4 is 5.96 Å². The van der Waals surface area contributed by atoms with Gasteiger partial charge in [-0.25, -0.2) is 4.99 Å². The molecule has 1 fully saturated rings. The number of phenolic OH excluding ortho intramolecular Hbond substituents is 1. The van der Waals surface area contributed by atoms with Crippen molar-refractivity contribution < 1.29 is 5.11 Å². The Morgan fingerprint density at radius 2 is 2.08 bits per heavy atom. The van der Waals surface area contributed by atoms with Crippen molar-refractivity contribution in [2.75, 3.05) is 32.7 Å². The lowest BCUT2D eigenvalue weighted by molar-refractivity contribution is 0.191. The number of rotatable bonds is 7. The van der Waals surface area contributed by atoms with Crippen LogP contribution in [0.1, 0.15) is 38.7 Å². The monoisotopic (exact) mass is 332 g/mol. The van der Waals surface area contributed by atoms with Gasteiger partial charge in [-0.15, -0.1) is 0 Å². The van der Waals surface area contributed by atoms with Gasteiger partial charge in [-0.3, -0.25) is 0 Å². The molecule has 0 amide bonds. The highest BCUT2D eigenvalue weighted by atomic mass is 16.3. The normalized spacial score (nSPS) is 17.0. The number of hydrogen-bond donors (Lipinski definition) is 3. The molecule has 24 heavy (non-hydrogen) atoms. The van der Waals surface area contributed by atoms with E-state index < -0.39 is 0 Å². The minimum absolute atomic E-state index is 0.288. The maximum absolute atomic E-state index is 9.51. The third-order valence-electron chi connectivity index (χ3n) is 4.49. The van der Waals surface area contributed by atoms with Gasteiger partial charge in [-0.1, -0.05) is 19.1 Å². The second kappa shape index (κ2) is 10.2. The van der Waals surface area contributed by atoms with E-state index >= 15 is 0 Å². The zero-order chi connectivity index (χ0) is 17.2. The topological polar surface area (TPSA) is 59.9 Å². The van der Waals surface area contributed by atoms with E-state index in [-0.39, 0.29) is 5.75 Å². The summed E-state index contributed by atoms with van der Waals surface area (Å²) in [6, 6.07) is 7.26. The van der Waals surface area contributed by atoms with Crippen LogP contribution < -0.4 is 10.6 Å². The Bertz CT molecular complexity index is 510. The summed E-state index contributed by atoms with van der Waals surface area (Å²) in [7, 11) is 0. The van der Waals surface area contributed by atoms with Gasteiger partial charge in [0.1, 0.15) is 5.75 Å². The molecule has 2 rings (SSSR count). The van der Waals surface area contributed by atoms with E-state index in [2.05, 4.69) is 34.4 Å². The molecular formula is C19H32N4O. The van der Waals surface area contributed by atoms with Gasteiger partial charge in [0.25, 0.3) is 0 Å². The van der Waals surface area contributed by atoms with E-state index in [9.17, 15) is 5.11 Å². The molecule has 0 bridgehead atoms. The number of nitrogens with one attached hydrogen (secondary N) is 2. The first kappa shape index (κ1) is 18.6. The number of aromatic hydroxyl groups is 1. The van der Waals surface area contributed by atoms with E-state index in [4.69, 9.17) is 0 Å². The van der Waals surface area contributed by atoms with Gasteiger partial charge in [0, 0.05) is 13.1 Å². The van der Waals surface area contributed by atoms with Crippen molar-refractivity contribution in [3.63, 3.8) is 0 Å². The molecule has 0 unspecified atom stereocenters. The highest BCUT2D eigenvalue weighted by Crippen LogP contribution is 2.15. The summed E-state index contributed by atoms with van der Waals surface area (Å²) >= 11 is 0. The molecule has 5 nitrogen and oxygen atoms in total. The molecule has 0 atom stereocenters. The molecule has 0 saturated carbocycles. The summed E-state index contributed by atoms with van der Waals surface area (Å²) in [4.78, 5) is 7.16. The van der Waals surface area contributed by atoms with Gasteiger partial charge in [0.15, 0.2) is 5.96 Å². The van der Waals surface area contributed by atoms with E-state index in [1.807, 2.05) is 12.1 Å². The van der Waals surface area contributed by atoms with Crippen molar-refractivity contribution in [1.82, 2.24) is 15.5 Å². The Kier molecular flexibility index (Phi) is 7.89. The van der Waals surface area contributed by atoms with Crippen molar-refractivity contribution in [1.29, 1.82) is 0 Å². The molecule has 1 aromatic carbocycles. The number of aliphatic imine (C=N–C) groups is 1. The van der Waals surface area contributed by atoms with Crippen LogP contribution in [-0.2, 0) is 6.54 Å². The molecule has 1 aliphatic heterocycles. The number of phenols is 1. The van der Waals surface area contributed by atoms with Gasteiger partial charge in [0.2, 0.25) is 0 Å². The van der Waals surface area contributed by atoms with Crippen LogP contribution in [0.3, 0.4) is 0 Å². The fourth-order valence-electron chi connectivity index (χ4n) is 2.96. The number of guanidine groups is 1. The van der Waals surface area contributed by atoms with Crippen LogP contribution in [0.4, 0.5) is 0 Å². The second-order valence-electron chi connectivity index (χ2n) is 6.67. The SMILES string of the molecule is CCNC(=NCc1cccc(O)c1)NCCCN1CCC(C)CC1. The van der Waals surface area contributed by atoms with Gasteiger partial charge in [-0.05, 0) is 69.4 Å². The lowest BCUT2D eigenvalue weighted by atomic mass is 9.99. The van der Waals surface area contributed by atoms with Crippen LogP contribution in [0.2, 0.25) is 0 Å². The molecule has 0 aromatic heterocycles. The molecule has 1 heterocycles. The van der Waals surface area contributed by atoms with Gasteiger partial charge in [-0.2, -0.15) is 0 Å². The first-order valence-corrected chi connectivity index (χ1v) is 9.20. The van der Waals surface area contributed by atoms with Crippen molar-refractivity contribution in [2.24, 2.45) is 10.9 Å². The molecule has 1 aromatic rings. The number of likely N-dealkylation sites (tertiary alicyclic amines) is 1. The zero-order valence-electron chi connectivity index (χ0n) is 15.1. The number of benzene rings is 1. The van der Waals surface area contributed by atoms with Crippen LogP contribution in [0.25, 0.3) is 0 Å². The van der Waals surface area contributed by atoms with Crippen LogP contribution in [0.5, 0.6) is 5.75 Å². The highest BCUT2D eigenvalue weighted by Gasteiger charge is 2.14. The lowest BCUT2D eigenvalue weighted by Crippen LogP contribution is -2.39. The van der Waals surface area contributed by atoms with E-state index in [0.29, 0.717) is 6.54 Å². The van der Waals surface area contributed by atoms with Crippen molar-refractivity contribution in [2.45, 2.75) is 39.7 Å². The maximum atomic E-state index is 9.51. The zero-order valence-corrected chi connectivity index (χ0v) is 15.1. The Labute approximate surface area is 146 Å². The van der Waals surface area contributed by atoms with Crippen molar-refractivity contribution in [3.8, 4) is 5.75 Å². The molecular weight excluding hydrogens is 300 g/mol. The van der Waals surface area contributed by atoms with Gasteiger partial charge in [0.05, 0.1) is 6.54 Å². The first-order chi connectivity index (χ1) is 11.7. The number of nitrogens with zero attached hydrogens (tertiary/aromatic N) is 2. The second-order valence-corrected chi connectivity index (χ2v) is 6.67. The summed E-state index contributed by atoms with van der Waals surface area (Å²) < 4.78 is 0. The average molecular weight is 332 g/mol. The summed E-state index contributed by atoms with van der Waals surface area (Å²) in [5, 5.41) is 16.2. The molecule has 1 saturated heterocycles. The van der Waals surface area contributed by atoms with E-state index in [1.54, 1.807) is 12.1 Å².